The van der Waals surface area contributed by atoms with Gasteiger partial charge < -0.3 is 4.74 Å². The summed E-state index contributed by atoms with van der Waals surface area (Å²) >= 11 is 1.66. The smallest absolute Gasteiger partial charge is 0.339 e. The van der Waals surface area contributed by atoms with Gasteiger partial charge >= 0.3 is 5.97 Å². The number of hydrogen-bond donors (Lipinski definition) is 0. The fraction of sp³-hybridized carbons (Fsp3) is 0.737. The number of carbonyl (C=O) groups excluding carboxylic acids is 1. The van der Waals surface area contributed by atoms with E-state index in [4.69, 9.17) is 4.74 Å². The van der Waals surface area contributed by atoms with Crippen LogP contribution in [-0.4, -0.2) is 12.6 Å². The molecule has 0 saturated carbocycles. The van der Waals surface area contributed by atoms with Crippen LogP contribution in [0, 0.1) is 13.8 Å². The summed E-state index contributed by atoms with van der Waals surface area (Å²) in [5.41, 5.74) is 0.745. The van der Waals surface area contributed by atoms with Crippen LogP contribution in [0.2, 0.25) is 0 Å². The molecule has 1 heterocycles. The number of aryl methyl sites for hydroxylation is 2. The largest absolute Gasteiger partial charge is 0.462 e. The molecule has 0 N–H and O–H groups in total. The van der Waals surface area contributed by atoms with Crippen molar-refractivity contribution in [2.75, 3.05) is 6.61 Å². The number of carbonyl (C=O) groups is 1. The summed E-state index contributed by atoms with van der Waals surface area (Å²) in [6.45, 7) is 6.82. The number of hydrogen-bond acceptors (Lipinski definition) is 3. The second-order valence-electron chi connectivity index (χ2n) is 6.14. The Labute approximate surface area is 140 Å². The number of ether oxygens (including phenoxy) is 1. The minimum Gasteiger partial charge on any atom is -0.462 e. The molecule has 1 rings (SSSR count). The average molecular weight is 325 g/mol. The number of esters is 1. The molecule has 0 unspecified atom stereocenters. The third kappa shape index (κ3) is 7.98. The SMILES string of the molecule is CCCCCCCCCCCCOC(=O)c1cc(C)sc1C. The molecule has 0 aliphatic carbocycles. The van der Waals surface area contributed by atoms with Crippen molar-refractivity contribution in [1.82, 2.24) is 0 Å². The van der Waals surface area contributed by atoms with Crippen molar-refractivity contribution in [3.8, 4) is 0 Å². The second kappa shape index (κ2) is 11.7. The first-order valence-electron chi connectivity index (χ1n) is 8.89. The van der Waals surface area contributed by atoms with E-state index in [0.717, 1.165) is 16.9 Å². The van der Waals surface area contributed by atoms with Gasteiger partial charge in [-0.25, -0.2) is 4.79 Å². The van der Waals surface area contributed by atoms with Gasteiger partial charge in [0.2, 0.25) is 0 Å². The lowest BCUT2D eigenvalue weighted by atomic mass is 10.1. The molecule has 0 atom stereocenters. The van der Waals surface area contributed by atoms with E-state index in [1.807, 2.05) is 19.9 Å². The Bertz CT molecular complexity index is 423. The Balaban J connectivity index is 1.95. The molecular formula is C19H32O2S. The van der Waals surface area contributed by atoms with E-state index in [-0.39, 0.29) is 5.97 Å². The predicted molar refractivity (Wildman–Crippen MR) is 95.9 cm³/mol. The van der Waals surface area contributed by atoms with Gasteiger partial charge in [0.1, 0.15) is 0 Å². The zero-order valence-electron chi connectivity index (χ0n) is 14.6. The zero-order valence-corrected chi connectivity index (χ0v) is 15.4. The molecule has 1 aromatic heterocycles. The summed E-state index contributed by atoms with van der Waals surface area (Å²) in [5, 5.41) is 0. The van der Waals surface area contributed by atoms with Crippen molar-refractivity contribution < 1.29 is 9.53 Å². The fourth-order valence-corrected chi connectivity index (χ4v) is 3.58. The van der Waals surface area contributed by atoms with Crippen LogP contribution < -0.4 is 0 Å². The Morgan fingerprint density at radius 1 is 0.955 bits per heavy atom. The molecule has 0 saturated heterocycles. The average Bonchev–Trinajstić information content (AvgIpc) is 2.83. The van der Waals surface area contributed by atoms with Gasteiger partial charge in [0.25, 0.3) is 0 Å². The summed E-state index contributed by atoms with van der Waals surface area (Å²) in [5.74, 6) is -0.155. The van der Waals surface area contributed by atoms with Crippen molar-refractivity contribution in [2.24, 2.45) is 0 Å². The van der Waals surface area contributed by atoms with E-state index in [2.05, 4.69) is 6.92 Å². The van der Waals surface area contributed by atoms with Crippen LogP contribution in [0.15, 0.2) is 6.07 Å². The summed E-state index contributed by atoms with van der Waals surface area (Å²) in [7, 11) is 0. The highest BCUT2D eigenvalue weighted by molar-refractivity contribution is 7.12. The lowest BCUT2D eigenvalue weighted by Crippen LogP contribution is -2.06. The highest BCUT2D eigenvalue weighted by Crippen LogP contribution is 2.21. The van der Waals surface area contributed by atoms with Gasteiger partial charge in [0.15, 0.2) is 0 Å². The lowest BCUT2D eigenvalue weighted by Gasteiger charge is -2.05. The van der Waals surface area contributed by atoms with Crippen LogP contribution in [-0.2, 0) is 4.74 Å². The molecule has 0 radical (unpaired) electrons. The van der Waals surface area contributed by atoms with Gasteiger partial charge in [-0.3, -0.25) is 0 Å². The van der Waals surface area contributed by atoms with Crippen LogP contribution in [0.5, 0.6) is 0 Å². The van der Waals surface area contributed by atoms with Gasteiger partial charge in [-0.15, -0.1) is 11.3 Å². The Kier molecular flexibility index (Phi) is 10.2. The maximum Gasteiger partial charge on any atom is 0.339 e. The highest BCUT2D eigenvalue weighted by atomic mass is 32.1. The Morgan fingerprint density at radius 2 is 1.50 bits per heavy atom. The zero-order chi connectivity index (χ0) is 16.2. The van der Waals surface area contributed by atoms with Gasteiger partial charge in [-0.1, -0.05) is 64.7 Å². The van der Waals surface area contributed by atoms with Crippen molar-refractivity contribution >= 4 is 17.3 Å². The van der Waals surface area contributed by atoms with Crippen LogP contribution in [0.25, 0.3) is 0 Å². The van der Waals surface area contributed by atoms with Crippen molar-refractivity contribution in [3.63, 3.8) is 0 Å². The summed E-state index contributed by atoms with van der Waals surface area (Å²) in [4.78, 5) is 14.2. The molecule has 0 aromatic carbocycles. The van der Waals surface area contributed by atoms with Gasteiger partial charge in [0, 0.05) is 9.75 Å². The Hall–Kier alpha value is -0.830. The molecule has 0 spiro atoms. The molecule has 3 heteroatoms. The third-order valence-corrected chi connectivity index (χ3v) is 4.96. The van der Waals surface area contributed by atoms with E-state index in [1.54, 1.807) is 11.3 Å². The molecule has 1 aromatic rings. The van der Waals surface area contributed by atoms with Crippen LogP contribution in [0.3, 0.4) is 0 Å². The highest BCUT2D eigenvalue weighted by Gasteiger charge is 2.12. The van der Waals surface area contributed by atoms with Gasteiger partial charge in [0.05, 0.1) is 12.2 Å². The van der Waals surface area contributed by atoms with Crippen LogP contribution >= 0.6 is 11.3 Å². The molecule has 2 nitrogen and oxygen atoms in total. The number of thiophene rings is 1. The van der Waals surface area contributed by atoms with E-state index < -0.39 is 0 Å². The standard InChI is InChI=1S/C19H32O2S/c1-4-5-6-7-8-9-10-11-12-13-14-21-19(20)18-15-16(2)22-17(18)3/h15H,4-14H2,1-3H3. The second-order valence-corrected chi connectivity index (χ2v) is 7.61. The third-order valence-electron chi connectivity index (χ3n) is 3.99. The first-order valence-corrected chi connectivity index (χ1v) is 9.71. The number of rotatable bonds is 12. The van der Waals surface area contributed by atoms with Crippen LogP contribution in [0.4, 0.5) is 0 Å². The minimum atomic E-state index is -0.155. The molecule has 126 valence electrons. The van der Waals surface area contributed by atoms with E-state index in [9.17, 15) is 4.79 Å². The molecular weight excluding hydrogens is 292 g/mol. The van der Waals surface area contributed by atoms with E-state index in [0.29, 0.717) is 6.61 Å². The molecule has 0 bridgehead atoms. The molecule has 0 aliphatic heterocycles. The topological polar surface area (TPSA) is 26.3 Å². The monoisotopic (exact) mass is 324 g/mol. The first-order chi connectivity index (χ1) is 10.6. The molecule has 22 heavy (non-hydrogen) atoms. The van der Waals surface area contributed by atoms with E-state index in [1.165, 1.54) is 62.7 Å². The van der Waals surface area contributed by atoms with E-state index >= 15 is 0 Å². The van der Waals surface area contributed by atoms with Crippen molar-refractivity contribution in [2.45, 2.75) is 85.0 Å². The normalized spacial score (nSPS) is 10.9. The maximum absolute atomic E-state index is 11.9. The maximum atomic E-state index is 11.9. The van der Waals surface area contributed by atoms with Crippen molar-refractivity contribution in [3.05, 3.63) is 21.4 Å². The molecule has 0 aliphatic rings. The first kappa shape index (κ1) is 19.2. The quantitative estimate of drug-likeness (QED) is 0.326. The summed E-state index contributed by atoms with van der Waals surface area (Å²) in [6, 6.07) is 1.93. The fourth-order valence-electron chi connectivity index (χ4n) is 2.67. The van der Waals surface area contributed by atoms with Crippen LogP contribution in [0.1, 0.15) is 91.2 Å². The van der Waals surface area contributed by atoms with Gasteiger partial charge in [-0.2, -0.15) is 0 Å². The van der Waals surface area contributed by atoms with Crippen molar-refractivity contribution in [1.29, 1.82) is 0 Å². The summed E-state index contributed by atoms with van der Waals surface area (Å²) in [6.07, 6.45) is 13.0. The minimum absolute atomic E-state index is 0.155. The number of unbranched alkanes of at least 4 members (excludes halogenated alkanes) is 9. The summed E-state index contributed by atoms with van der Waals surface area (Å²) < 4.78 is 5.36. The lowest BCUT2D eigenvalue weighted by molar-refractivity contribution is 0.0497. The molecule has 0 amide bonds. The Morgan fingerprint density at radius 3 is 2.00 bits per heavy atom. The predicted octanol–water partition coefficient (Wildman–Crippen LogP) is 6.44. The van der Waals surface area contributed by atoms with Gasteiger partial charge in [-0.05, 0) is 26.3 Å². The molecule has 0 fully saturated rings.